The summed E-state index contributed by atoms with van der Waals surface area (Å²) < 4.78 is 14.9. The van der Waals surface area contributed by atoms with Crippen LogP contribution in [0.1, 0.15) is 103 Å². The number of hydrogen-bond donors (Lipinski definition) is 1. The van der Waals surface area contributed by atoms with E-state index < -0.39 is 8.25 Å². The van der Waals surface area contributed by atoms with E-state index in [0.29, 0.717) is 6.61 Å². The molecule has 0 spiro atoms. The first-order valence-corrected chi connectivity index (χ1v) is 12.4. The molecule has 1 atom stereocenters. The topological polar surface area (TPSA) is 46.5 Å². The number of hydrogen-bond acceptors (Lipinski definition) is 3. The van der Waals surface area contributed by atoms with Crippen LogP contribution in [0, 0.1) is 0 Å². The highest BCUT2D eigenvalue weighted by Crippen LogP contribution is 2.16. The minimum Gasteiger partial charge on any atom is -0.162 e. The maximum atomic E-state index is 10.3. The monoisotopic (exact) mass is 379 g/mol. The van der Waals surface area contributed by atoms with E-state index in [2.05, 4.69) is 11.4 Å². The summed E-state index contributed by atoms with van der Waals surface area (Å²) in [6.45, 7) is 2.68. The molecule has 0 rings (SSSR count). The van der Waals surface area contributed by atoms with Gasteiger partial charge in [0.05, 0.1) is 0 Å². The zero-order chi connectivity index (χ0) is 17.7. The molecule has 24 heavy (non-hydrogen) atoms. The first-order valence-electron chi connectivity index (χ1n) is 10.1. The van der Waals surface area contributed by atoms with Crippen molar-refractivity contribution in [2.24, 2.45) is 0 Å². The van der Waals surface area contributed by atoms with Crippen LogP contribution in [0.25, 0.3) is 0 Å². The van der Waals surface area contributed by atoms with Crippen molar-refractivity contribution >= 4 is 20.0 Å². The van der Waals surface area contributed by atoms with Crippen LogP contribution in [-0.4, -0.2) is 23.0 Å². The molecule has 0 saturated carbocycles. The highest BCUT2D eigenvalue weighted by atomic mass is 32.2. The molecule has 144 valence electrons. The molecule has 0 aromatic rings. The molecule has 0 heterocycles. The second kappa shape index (κ2) is 21.4. The average molecular weight is 380 g/mol. The van der Waals surface area contributed by atoms with Crippen molar-refractivity contribution in [2.75, 3.05) is 18.1 Å². The van der Waals surface area contributed by atoms with Gasteiger partial charge in [0.25, 0.3) is 0 Å². The molecule has 1 N–H and O–H groups in total. The van der Waals surface area contributed by atoms with E-state index >= 15 is 0 Å². The van der Waals surface area contributed by atoms with Gasteiger partial charge in [-0.15, -0.1) is 9.42 Å². The maximum absolute atomic E-state index is 10.3. The molecule has 0 amide bonds. The van der Waals surface area contributed by atoms with Gasteiger partial charge in [-0.2, -0.15) is 11.8 Å². The van der Waals surface area contributed by atoms with Gasteiger partial charge in [0.1, 0.15) is 6.61 Å². The Morgan fingerprint density at radius 3 is 1.58 bits per heavy atom. The molecule has 0 aliphatic rings. The van der Waals surface area contributed by atoms with Gasteiger partial charge in [-0.05, 0) is 24.3 Å². The first-order chi connectivity index (χ1) is 11.8. The van der Waals surface area contributed by atoms with Gasteiger partial charge < -0.3 is 0 Å². The van der Waals surface area contributed by atoms with Crippen molar-refractivity contribution in [1.29, 1.82) is 0 Å². The lowest BCUT2D eigenvalue weighted by molar-refractivity contribution is 0.283. The first kappa shape index (κ1) is 24.4. The third-order valence-corrected chi connectivity index (χ3v) is 5.84. The van der Waals surface area contributed by atoms with Crippen LogP contribution in [0.5, 0.6) is 0 Å². The Morgan fingerprint density at radius 1 is 0.708 bits per heavy atom. The lowest BCUT2D eigenvalue weighted by atomic mass is 10.0. The minimum absolute atomic E-state index is 0.400. The van der Waals surface area contributed by atoms with E-state index in [-0.39, 0.29) is 0 Å². The van der Waals surface area contributed by atoms with Crippen LogP contribution in [-0.2, 0) is 9.09 Å². The minimum atomic E-state index is -2.40. The zero-order valence-corrected chi connectivity index (χ0v) is 17.6. The lowest BCUT2D eigenvalue weighted by Gasteiger charge is -2.03. The Labute approximate surface area is 155 Å². The van der Waals surface area contributed by atoms with E-state index in [9.17, 15) is 4.57 Å². The zero-order valence-electron chi connectivity index (χ0n) is 15.8. The quantitative estimate of drug-likeness (QED) is 0.179. The van der Waals surface area contributed by atoms with Gasteiger partial charge in [0, 0.05) is 4.57 Å². The number of thioether (sulfide) groups is 1. The summed E-state index contributed by atoms with van der Waals surface area (Å²) in [5, 5.41) is 0. The summed E-state index contributed by atoms with van der Waals surface area (Å²) in [6.07, 6.45) is 20.6. The van der Waals surface area contributed by atoms with E-state index in [1.807, 2.05) is 11.8 Å². The van der Waals surface area contributed by atoms with Crippen LogP contribution in [0.2, 0.25) is 0 Å². The van der Waals surface area contributed by atoms with Crippen LogP contribution in [0.4, 0.5) is 0 Å². The fourth-order valence-electron chi connectivity index (χ4n) is 2.80. The van der Waals surface area contributed by atoms with Crippen LogP contribution in [0.15, 0.2) is 0 Å². The molecule has 0 radical (unpaired) electrons. The molecule has 3 nitrogen and oxygen atoms in total. The molecule has 0 aliphatic heterocycles. The molecule has 1 unspecified atom stereocenters. The van der Waals surface area contributed by atoms with Gasteiger partial charge in [-0.25, -0.2) is 0 Å². The molecule has 0 fully saturated rings. The summed E-state index contributed by atoms with van der Waals surface area (Å²) >= 11 is 1.93. The van der Waals surface area contributed by atoms with Gasteiger partial charge in [0.15, 0.2) is 0 Å². The molecule has 0 aromatic heterocycles. The van der Waals surface area contributed by atoms with Crippen molar-refractivity contribution in [2.45, 2.75) is 103 Å². The van der Waals surface area contributed by atoms with Crippen LogP contribution >= 0.6 is 20.0 Å². The summed E-state index contributed by atoms with van der Waals surface area (Å²) in [7, 11) is -2.40. The highest BCUT2D eigenvalue weighted by Gasteiger charge is 2.09. The molecule has 0 saturated heterocycles. The third kappa shape index (κ3) is 22.4. The molecular weight excluding hydrogens is 339 g/mol. The molecule has 0 bridgehead atoms. The molecular formula is C19H40O3PS+. The van der Waals surface area contributed by atoms with Crippen molar-refractivity contribution in [3.05, 3.63) is 0 Å². The SMILES string of the molecule is CCCCCCCCCCCCCCCCSCCCO[P+](=O)O. The molecule has 0 aromatic carbocycles. The Hall–Kier alpha value is 0.370. The summed E-state index contributed by atoms with van der Waals surface area (Å²) in [4.78, 5) is 8.48. The van der Waals surface area contributed by atoms with Gasteiger partial charge >= 0.3 is 8.25 Å². The Balaban J connectivity index is 2.97. The number of unbranched alkanes of at least 4 members (excludes halogenated alkanes) is 13. The van der Waals surface area contributed by atoms with E-state index in [1.165, 1.54) is 95.6 Å². The van der Waals surface area contributed by atoms with E-state index in [1.54, 1.807) is 0 Å². The number of rotatable bonds is 20. The van der Waals surface area contributed by atoms with Gasteiger partial charge in [0.2, 0.25) is 0 Å². The second-order valence-electron chi connectivity index (χ2n) is 6.63. The fourth-order valence-corrected chi connectivity index (χ4v) is 4.02. The Bertz CT molecular complexity index is 265. The normalized spacial score (nSPS) is 11.8. The molecule has 5 heteroatoms. The Kier molecular flexibility index (Phi) is 21.7. The Morgan fingerprint density at radius 2 is 1.12 bits per heavy atom. The van der Waals surface area contributed by atoms with Crippen LogP contribution in [0.3, 0.4) is 0 Å². The highest BCUT2D eigenvalue weighted by molar-refractivity contribution is 7.99. The third-order valence-electron chi connectivity index (χ3n) is 4.28. The maximum Gasteiger partial charge on any atom is 0.694 e. The predicted octanol–water partition coefficient (Wildman–Crippen LogP) is 7.26. The van der Waals surface area contributed by atoms with E-state index in [4.69, 9.17) is 4.89 Å². The smallest absolute Gasteiger partial charge is 0.162 e. The van der Waals surface area contributed by atoms with Crippen molar-refractivity contribution < 1.29 is 14.0 Å². The second-order valence-corrected chi connectivity index (χ2v) is 8.59. The summed E-state index contributed by atoms with van der Waals surface area (Å²) in [5.41, 5.74) is 0. The summed E-state index contributed by atoms with van der Waals surface area (Å²) in [5.74, 6) is 2.24. The lowest BCUT2D eigenvalue weighted by Crippen LogP contribution is -1.91. The van der Waals surface area contributed by atoms with Gasteiger partial charge in [-0.3, -0.25) is 0 Å². The largest absolute Gasteiger partial charge is 0.694 e. The fraction of sp³-hybridized carbons (Fsp3) is 1.00. The van der Waals surface area contributed by atoms with Gasteiger partial charge in [-0.1, -0.05) is 90.4 Å². The van der Waals surface area contributed by atoms with Crippen molar-refractivity contribution in [3.63, 3.8) is 0 Å². The predicted molar refractivity (Wildman–Crippen MR) is 108 cm³/mol. The molecule has 0 aliphatic carbocycles. The average Bonchev–Trinajstić information content (AvgIpc) is 2.56. The standard InChI is InChI=1S/C19H39O3PS/c1-2-3-4-5-6-7-8-9-10-11-12-13-14-15-18-24-19-16-17-22-23(20)21/h2-19H2,1H3/p+1. The van der Waals surface area contributed by atoms with Crippen LogP contribution < -0.4 is 0 Å². The summed E-state index contributed by atoms with van der Waals surface area (Å²) in [6, 6.07) is 0. The van der Waals surface area contributed by atoms with E-state index in [0.717, 1.165) is 12.2 Å². The van der Waals surface area contributed by atoms with Crippen molar-refractivity contribution in [1.82, 2.24) is 0 Å². The van der Waals surface area contributed by atoms with Crippen molar-refractivity contribution in [3.8, 4) is 0 Å².